The van der Waals surface area contributed by atoms with Crippen LogP contribution < -0.4 is 10.1 Å². The number of carboxylic acid groups (broad SMARTS) is 1. The largest absolute Gasteiger partial charge is 0.494 e. The van der Waals surface area contributed by atoms with Crippen LogP contribution in [-0.2, 0) is 4.79 Å². The van der Waals surface area contributed by atoms with Crippen molar-refractivity contribution in [2.45, 2.75) is 25.8 Å². The van der Waals surface area contributed by atoms with Crippen molar-refractivity contribution < 1.29 is 19.4 Å². The molecule has 0 unspecified atom stereocenters. The molecule has 1 saturated heterocycles. The van der Waals surface area contributed by atoms with Gasteiger partial charge in [0, 0.05) is 24.2 Å². The number of likely N-dealkylation sites (tertiary alicyclic amines) is 1. The standard InChI is InChI=1S/C16H22N2O4/c1-3-22-13-6-4-12(5-7-13)15(21)18-9-8-16(2,11-18)17-10-14(19)20/h4-7,17H,3,8-11H2,1-2H3,(H,19,20)/t16-/m1/s1. The molecule has 0 radical (unpaired) electrons. The molecule has 22 heavy (non-hydrogen) atoms. The van der Waals surface area contributed by atoms with Crippen molar-refractivity contribution in [3.8, 4) is 5.75 Å². The molecule has 120 valence electrons. The quantitative estimate of drug-likeness (QED) is 0.830. The number of ether oxygens (including phenoxy) is 1. The third-order valence-corrected chi connectivity index (χ3v) is 3.84. The van der Waals surface area contributed by atoms with E-state index in [0.717, 1.165) is 12.2 Å². The van der Waals surface area contributed by atoms with Crippen molar-refractivity contribution in [2.75, 3.05) is 26.2 Å². The molecule has 0 aliphatic carbocycles. The molecule has 1 atom stereocenters. The fraction of sp³-hybridized carbons (Fsp3) is 0.500. The maximum atomic E-state index is 12.5. The number of benzene rings is 1. The summed E-state index contributed by atoms with van der Waals surface area (Å²) in [4.78, 5) is 24.9. The van der Waals surface area contributed by atoms with Gasteiger partial charge >= 0.3 is 5.97 Å². The zero-order valence-electron chi connectivity index (χ0n) is 13.0. The number of hydrogen-bond acceptors (Lipinski definition) is 4. The Morgan fingerprint density at radius 2 is 2.05 bits per heavy atom. The molecule has 1 fully saturated rings. The minimum Gasteiger partial charge on any atom is -0.494 e. The summed E-state index contributed by atoms with van der Waals surface area (Å²) in [6.45, 7) is 5.48. The predicted octanol–water partition coefficient (Wildman–Crippen LogP) is 1.36. The number of nitrogens with zero attached hydrogens (tertiary/aromatic N) is 1. The number of amides is 1. The molecule has 1 amide bonds. The first kappa shape index (κ1) is 16.3. The van der Waals surface area contributed by atoms with Crippen LogP contribution >= 0.6 is 0 Å². The summed E-state index contributed by atoms with van der Waals surface area (Å²) >= 11 is 0. The van der Waals surface area contributed by atoms with Crippen LogP contribution in [0.25, 0.3) is 0 Å². The van der Waals surface area contributed by atoms with Gasteiger partial charge in [0.25, 0.3) is 5.91 Å². The zero-order valence-corrected chi connectivity index (χ0v) is 13.0. The highest BCUT2D eigenvalue weighted by Gasteiger charge is 2.36. The average molecular weight is 306 g/mol. The van der Waals surface area contributed by atoms with Crippen LogP contribution in [0, 0.1) is 0 Å². The van der Waals surface area contributed by atoms with E-state index in [-0.39, 0.29) is 18.0 Å². The maximum Gasteiger partial charge on any atom is 0.317 e. The second-order valence-electron chi connectivity index (χ2n) is 5.74. The fourth-order valence-electron chi connectivity index (χ4n) is 2.61. The molecule has 0 aromatic heterocycles. The number of aliphatic carboxylic acids is 1. The summed E-state index contributed by atoms with van der Waals surface area (Å²) in [5.74, 6) is -0.185. The fourth-order valence-corrected chi connectivity index (χ4v) is 2.61. The van der Waals surface area contributed by atoms with Gasteiger partial charge in [-0.25, -0.2) is 0 Å². The molecule has 1 heterocycles. The van der Waals surface area contributed by atoms with Gasteiger partial charge in [-0.2, -0.15) is 0 Å². The first-order valence-corrected chi connectivity index (χ1v) is 7.42. The van der Waals surface area contributed by atoms with Crippen molar-refractivity contribution >= 4 is 11.9 Å². The number of nitrogens with one attached hydrogen (secondary N) is 1. The Balaban J connectivity index is 1.97. The summed E-state index contributed by atoms with van der Waals surface area (Å²) in [6.07, 6.45) is 0.739. The Kier molecular flexibility index (Phi) is 5.03. The average Bonchev–Trinajstić information content (AvgIpc) is 2.89. The first-order chi connectivity index (χ1) is 10.4. The lowest BCUT2D eigenvalue weighted by Gasteiger charge is -2.25. The van der Waals surface area contributed by atoms with Gasteiger partial charge in [-0.15, -0.1) is 0 Å². The Morgan fingerprint density at radius 3 is 2.64 bits per heavy atom. The molecule has 6 nitrogen and oxygen atoms in total. The van der Waals surface area contributed by atoms with Gasteiger partial charge in [-0.3, -0.25) is 14.9 Å². The highest BCUT2D eigenvalue weighted by molar-refractivity contribution is 5.94. The maximum absolute atomic E-state index is 12.5. The van der Waals surface area contributed by atoms with Crippen LogP contribution in [0.1, 0.15) is 30.6 Å². The van der Waals surface area contributed by atoms with E-state index in [1.54, 1.807) is 29.2 Å². The van der Waals surface area contributed by atoms with Crippen LogP contribution in [0.3, 0.4) is 0 Å². The van der Waals surface area contributed by atoms with Crippen molar-refractivity contribution in [3.63, 3.8) is 0 Å². The molecule has 1 aromatic rings. The summed E-state index contributed by atoms with van der Waals surface area (Å²) < 4.78 is 5.36. The van der Waals surface area contributed by atoms with Crippen molar-refractivity contribution in [1.82, 2.24) is 10.2 Å². The van der Waals surface area contributed by atoms with Crippen LogP contribution in [-0.4, -0.2) is 53.7 Å². The number of carbonyl (C=O) groups is 2. The summed E-state index contributed by atoms with van der Waals surface area (Å²) in [6, 6.07) is 7.09. The van der Waals surface area contributed by atoms with Crippen molar-refractivity contribution in [1.29, 1.82) is 0 Å². The summed E-state index contributed by atoms with van der Waals surface area (Å²) in [5, 5.41) is 11.8. The van der Waals surface area contributed by atoms with Crippen molar-refractivity contribution in [3.05, 3.63) is 29.8 Å². The van der Waals surface area contributed by atoms with Gasteiger partial charge in [0.1, 0.15) is 5.75 Å². The smallest absolute Gasteiger partial charge is 0.317 e. The topological polar surface area (TPSA) is 78.9 Å². The third-order valence-electron chi connectivity index (χ3n) is 3.84. The van der Waals surface area contributed by atoms with E-state index in [1.807, 2.05) is 13.8 Å². The van der Waals surface area contributed by atoms with E-state index in [1.165, 1.54) is 0 Å². The molecule has 1 aliphatic rings. The second kappa shape index (κ2) is 6.79. The Labute approximate surface area is 130 Å². The molecule has 0 spiro atoms. The van der Waals surface area contributed by atoms with E-state index in [2.05, 4.69) is 5.32 Å². The lowest BCUT2D eigenvalue weighted by atomic mass is 10.0. The first-order valence-electron chi connectivity index (χ1n) is 7.42. The Morgan fingerprint density at radius 1 is 1.36 bits per heavy atom. The van der Waals surface area contributed by atoms with E-state index in [4.69, 9.17) is 9.84 Å². The normalized spacial score (nSPS) is 20.9. The van der Waals surface area contributed by atoms with Gasteiger partial charge in [0.2, 0.25) is 0 Å². The second-order valence-corrected chi connectivity index (χ2v) is 5.74. The highest BCUT2D eigenvalue weighted by Crippen LogP contribution is 2.23. The monoisotopic (exact) mass is 306 g/mol. The van der Waals surface area contributed by atoms with Gasteiger partial charge in [0.15, 0.2) is 0 Å². The molecule has 0 bridgehead atoms. The number of carboxylic acids is 1. The van der Waals surface area contributed by atoms with Crippen LogP contribution in [0.4, 0.5) is 0 Å². The summed E-state index contributed by atoms with van der Waals surface area (Å²) in [5.41, 5.74) is 0.269. The SMILES string of the molecule is CCOc1ccc(C(=O)N2CC[C@@](C)(NCC(=O)O)C2)cc1. The summed E-state index contributed by atoms with van der Waals surface area (Å²) in [7, 11) is 0. The zero-order chi connectivity index (χ0) is 16.2. The third kappa shape index (κ3) is 3.98. The van der Waals surface area contributed by atoms with Crippen molar-refractivity contribution in [2.24, 2.45) is 0 Å². The Bertz CT molecular complexity index is 544. The molecule has 6 heteroatoms. The molecule has 2 rings (SSSR count). The van der Waals surface area contributed by atoms with E-state index in [9.17, 15) is 9.59 Å². The molecular formula is C16H22N2O4. The minimum atomic E-state index is -0.891. The number of carbonyl (C=O) groups excluding carboxylic acids is 1. The van der Waals surface area contributed by atoms with Gasteiger partial charge in [-0.1, -0.05) is 0 Å². The van der Waals surface area contributed by atoms with Gasteiger partial charge in [0.05, 0.1) is 13.2 Å². The molecule has 1 aromatic carbocycles. The van der Waals surface area contributed by atoms with Crippen LogP contribution in [0.2, 0.25) is 0 Å². The molecule has 2 N–H and O–H groups in total. The van der Waals surface area contributed by atoms with E-state index < -0.39 is 5.97 Å². The molecular weight excluding hydrogens is 284 g/mol. The lowest BCUT2D eigenvalue weighted by Crippen LogP contribution is -2.47. The van der Waals surface area contributed by atoms with E-state index in [0.29, 0.717) is 25.3 Å². The van der Waals surface area contributed by atoms with Crippen LogP contribution in [0.5, 0.6) is 5.75 Å². The Hall–Kier alpha value is -2.08. The van der Waals surface area contributed by atoms with Gasteiger partial charge < -0.3 is 14.7 Å². The van der Waals surface area contributed by atoms with E-state index >= 15 is 0 Å². The molecule has 0 saturated carbocycles. The number of hydrogen-bond donors (Lipinski definition) is 2. The lowest BCUT2D eigenvalue weighted by molar-refractivity contribution is -0.136. The highest BCUT2D eigenvalue weighted by atomic mass is 16.5. The molecule has 1 aliphatic heterocycles. The van der Waals surface area contributed by atoms with Gasteiger partial charge in [-0.05, 0) is 44.5 Å². The number of rotatable bonds is 6. The predicted molar refractivity (Wildman–Crippen MR) is 82.2 cm³/mol. The van der Waals surface area contributed by atoms with Crippen LogP contribution in [0.15, 0.2) is 24.3 Å². The minimum absolute atomic E-state index is 0.0381.